The van der Waals surface area contributed by atoms with E-state index >= 15 is 0 Å². The van der Waals surface area contributed by atoms with Crippen LogP contribution in [0.4, 0.5) is 0 Å². The molecule has 0 aliphatic heterocycles. The molecule has 112 valence electrons. The first-order chi connectivity index (χ1) is 8.86. The van der Waals surface area contributed by atoms with Crippen LogP contribution in [0.1, 0.15) is 39.5 Å². The van der Waals surface area contributed by atoms with Gasteiger partial charge in [0.1, 0.15) is 0 Å². The van der Waals surface area contributed by atoms with Crippen LogP contribution in [0.25, 0.3) is 0 Å². The van der Waals surface area contributed by atoms with Gasteiger partial charge in [-0.1, -0.05) is 13.8 Å². The van der Waals surface area contributed by atoms with E-state index in [1.54, 1.807) is 0 Å². The molecule has 0 radical (unpaired) electrons. The second-order valence-corrected chi connectivity index (χ2v) is 4.13. The quantitative estimate of drug-likeness (QED) is 0.389. The first-order valence-electron chi connectivity index (χ1n) is 6.73. The van der Waals surface area contributed by atoms with E-state index in [1.165, 1.54) is 11.1 Å². The summed E-state index contributed by atoms with van der Waals surface area (Å²) in [5.41, 5.74) is 2.61. The van der Waals surface area contributed by atoms with Gasteiger partial charge in [-0.15, -0.1) is 37.1 Å². The molecule has 0 spiro atoms. The molecular weight excluding hydrogens is 433 g/mol. The van der Waals surface area contributed by atoms with Gasteiger partial charge in [-0.05, 0) is 12.8 Å². The van der Waals surface area contributed by atoms with Crippen LogP contribution in [-0.2, 0) is 25.8 Å². The zero-order valence-electron chi connectivity index (χ0n) is 12.7. The van der Waals surface area contributed by atoms with Gasteiger partial charge in [0.15, 0.2) is 0 Å². The minimum absolute atomic E-state index is 0. The zero-order valence-corrected chi connectivity index (χ0v) is 16.3. The smallest absolute Gasteiger partial charge is 1.00 e. The van der Waals surface area contributed by atoms with Gasteiger partial charge < -0.3 is 9.41 Å². The van der Waals surface area contributed by atoms with E-state index < -0.39 is 0 Å². The van der Waals surface area contributed by atoms with E-state index in [0.717, 1.165) is 25.7 Å². The van der Waals surface area contributed by atoms with Crippen LogP contribution >= 0.6 is 0 Å². The van der Waals surface area contributed by atoms with E-state index in [2.05, 4.69) is 62.5 Å². The Morgan fingerprint density at radius 1 is 0.857 bits per heavy atom. The normalized spacial score (nSPS) is 14.8. The Hall–Kier alpha value is -0.830. The molecule has 2 aliphatic rings. The molecule has 0 nitrogen and oxygen atoms in total. The summed E-state index contributed by atoms with van der Waals surface area (Å²) in [6.45, 7) is 4.28. The van der Waals surface area contributed by atoms with Crippen molar-refractivity contribution in [2.45, 2.75) is 39.5 Å². The Kier molecular flexibility index (Phi) is 20.6. The first-order valence-corrected chi connectivity index (χ1v) is 6.73. The third kappa shape index (κ3) is 12.6. The fraction of sp³-hybridized carbons (Fsp3) is 0.333. The van der Waals surface area contributed by atoms with Crippen molar-refractivity contribution in [1.82, 2.24) is 0 Å². The average Bonchev–Trinajstić information content (AvgIpc) is 3.07. The molecule has 0 atom stereocenters. The van der Waals surface area contributed by atoms with Gasteiger partial charge in [-0.3, -0.25) is 12.2 Å². The molecule has 0 saturated heterocycles. The van der Waals surface area contributed by atoms with Crippen molar-refractivity contribution in [3.05, 3.63) is 71.9 Å². The number of allylic oxidation sites excluding steroid dienone is 12. The van der Waals surface area contributed by atoms with Crippen LogP contribution in [0.3, 0.4) is 0 Å². The third-order valence-corrected chi connectivity index (χ3v) is 2.54. The molecule has 0 aromatic carbocycles. The number of hydrogen-bond acceptors (Lipinski definition) is 0. The van der Waals surface area contributed by atoms with Gasteiger partial charge in [0, 0.05) is 0 Å². The number of rotatable bonds is 4. The topological polar surface area (TPSA) is 0 Å². The van der Waals surface area contributed by atoms with Crippen LogP contribution < -0.4 is 9.41 Å². The molecule has 3 heteroatoms. The van der Waals surface area contributed by atoms with Crippen molar-refractivity contribution in [3.8, 4) is 0 Å². The van der Waals surface area contributed by atoms with Crippen molar-refractivity contribution >= 4 is 0 Å². The van der Waals surface area contributed by atoms with E-state index in [4.69, 9.17) is 0 Å². The zero-order chi connectivity index (χ0) is 13.1. The summed E-state index contributed by atoms with van der Waals surface area (Å²) in [5, 5.41) is 0. The monoisotopic (exact) mass is 456 g/mol. The predicted molar refractivity (Wildman–Crippen MR) is 79.9 cm³/mol. The van der Waals surface area contributed by atoms with E-state index in [-0.39, 0.29) is 35.3 Å². The number of halogens is 2. The van der Waals surface area contributed by atoms with Crippen LogP contribution in [0.2, 0.25) is 0 Å². The molecule has 21 heavy (non-hydrogen) atoms. The van der Waals surface area contributed by atoms with E-state index in [0.29, 0.717) is 0 Å². The molecule has 0 heterocycles. The summed E-state index contributed by atoms with van der Waals surface area (Å²) in [6.07, 6.45) is 27.5. The summed E-state index contributed by atoms with van der Waals surface area (Å²) in [5.74, 6) is 0. The molecule has 0 unspecified atom stereocenters. The summed E-state index contributed by atoms with van der Waals surface area (Å²) >= 11 is 0. The summed E-state index contributed by atoms with van der Waals surface area (Å²) in [6, 6.07) is 0. The Balaban J connectivity index is -0.000000270. The van der Waals surface area contributed by atoms with E-state index in [9.17, 15) is 0 Å². The maximum Gasteiger partial charge on any atom is 4.00 e. The van der Waals surface area contributed by atoms with Crippen molar-refractivity contribution in [2.24, 2.45) is 0 Å². The second kappa shape index (κ2) is 17.2. The molecule has 2 aliphatic carbocycles. The molecule has 0 aromatic heterocycles. The Morgan fingerprint density at radius 3 is 1.48 bits per heavy atom. The van der Waals surface area contributed by atoms with Crippen molar-refractivity contribution < 1.29 is 35.3 Å². The summed E-state index contributed by atoms with van der Waals surface area (Å²) < 4.78 is 0. The fourth-order valence-corrected chi connectivity index (χ4v) is 1.57. The van der Waals surface area contributed by atoms with Crippen LogP contribution in [0.15, 0.2) is 59.8 Å². The SMILES string of the molecule is CCC=CC1=CC[C-]=C1.CCC=CC1=CC[C-]=C1.[F-].[F-].[Hf+4]. The minimum Gasteiger partial charge on any atom is -1.00 e. The third-order valence-electron chi connectivity index (χ3n) is 2.54. The van der Waals surface area contributed by atoms with Crippen LogP contribution in [0, 0.1) is 12.2 Å². The molecule has 0 aromatic rings. The Morgan fingerprint density at radius 2 is 1.24 bits per heavy atom. The van der Waals surface area contributed by atoms with Crippen molar-refractivity contribution in [2.75, 3.05) is 0 Å². The molecule has 0 amide bonds. The molecule has 0 saturated carbocycles. The standard InChI is InChI=1S/2C9H11.2FH.Hf/c2*1-2-3-6-9-7-4-5-8-9;;;/h2*3,6-8H,2,4H2,1H3;2*1H;/q2*-1;;;+4/p-2. The summed E-state index contributed by atoms with van der Waals surface area (Å²) in [4.78, 5) is 0. The Bertz CT molecular complexity index is 373. The fourth-order valence-electron chi connectivity index (χ4n) is 1.57. The largest absolute Gasteiger partial charge is 4.00 e. The molecule has 2 rings (SSSR count). The predicted octanol–water partition coefficient (Wildman–Crippen LogP) is -0.710. The molecule has 0 N–H and O–H groups in total. The van der Waals surface area contributed by atoms with Gasteiger partial charge in [0.2, 0.25) is 0 Å². The van der Waals surface area contributed by atoms with Crippen molar-refractivity contribution in [1.29, 1.82) is 0 Å². The Labute approximate surface area is 146 Å². The van der Waals surface area contributed by atoms with Gasteiger partial charge in [0.05, 0.1) is 0 Å². The average molecular weight is 455 g/mol. The molecular formula is C18H22F2Hf. The van der Waals surface area contributed by atoms with Gasteiger partial charge >= 0.3 is 25.8 Å². The number of hydrogen-bond donors (Lipinski definition) is 0. The van der Waals surface area contributed by atoms with Crippen LogP contribution in [0.5, 0.6) is 0 Å². The van der Waals surface area contributed by atoms with Gasteiger partial charge in [0.25, 0.3) is 0 Å². The first kappa shape index (κ1) is 25.1. The minimum atomic E-state index is 0. The van der Waals surface area contributed by atoms with Crippen LogP contribution in [-0.4, -0.2) is 0 Å². The van der Waals surface area contributed by atoms with Gasteiger partial charge in [-0.2, -0.15) is 23.3 Å². The molecule has 0 fully saturated rings. The maximum absolute atomic E-state index is 3.11. The van der Waals surface area contributed by atoms with Crippen molar-refractivity contribution in [3.63, 3.8) is 0 Å². The maximum atomic E-state index is 3.11. The second-order valence-electron chi connectivity index (χ2n) is 4.13. The summed E-state index contributed by atoms with van der Waals surface area (Å²) in [7, 11) is 0. The molecule has 0 bridgehead atoms. The van der Waals surface area contributed by atoms with Gasteiger partial charge in [-0.25, -0.2) is 12.2 Å². The van der Waals surface area contributed by atoms with E-state index in [1.807, 2.05) is 12.2 Å².